The molecule has 1 N–H and O–H groups in total. The molecule has 6 heteroatoms. The van der Waals surface area contributed by atoms with Crippen LogP contribution in [0.3, 0.4) is 0 Å². The normalized spacial score (nSPS) is 20.5. The SMILES string of the molecule is Cc1nc2c([nH]1)CC(C(=O)N1CCN(c3ccccc3F)CC1)CC2. The van der Waals surface area contributed by atoms with Gasteiger partial charge in [-0.3, -0.25) is 4.79 Å². The van der Waals surface area contributed by atoms with Gasteiger partial charge in [0.05, 0.1) is 11.4 Å². The van der Waals surface area contributed by atoms with Crippen molar-refractivity contribution in [2.24, 2.45) is 5.92 Å². The number of nitrogens with zero attached hydrogens (tertiary/aromatic N) is 3. The zero-order valence-corrected chi connectivity index (χ0v) is 14.5. The van der Waals surface area contributed by atoms with Crippen molar-refractivity contribution in [1.82, 2.24) is 14.9 Å². The summed E-state index contributed by atoms with van der Waals surface area (Å²) in [6, 6.07) is 6.84. The van der Waals surface area contributed by atoms with Crippen molar-refractivity contribution in [2.45, 2.75) is 26.2 Å². The number of halogens is 1. The molecule has 1 atom stereocenters. The molecule has 2 heterocycles. The topological polar surface area (TPSA) is 52.2 Å². The molecule has 1 aliphatic carbocycles. The molecule has 1 saturated heterocycles. The van der Waals surface area contributed by atoms with Crippen molar-refractivity contribution in [2.75, 3.05) is 31.1 Å². The molecule has 1 aliphatic heterocycles. The van der Waals surface area contributed by atoms with Gasteiger partial charge in [-0.15, -0.1) is 0 Å². The van der Waals surface area contributed by atoms with Crippen LogP contribution >= 0.6 is 0 Å². The molecule has 2 aliphatic rings. The average molecular weight is 342 g/mol. The smallest absolute Gasteiger partial charge is 0.226 e. The van der Waals surface area contributed by atoms with E-state index >= 15 is 0 Å². The third-order valence-corrected chi connectivity index (χ3v) is 5.30. The summed E-state index contributed by atoms with van der Waals surface area (Å²) in [5.74, 6) is 0.992. The lowest BCUT2D eigenvalue weighted by molar-refractivity contribution is -0.136. The van der Waals surface area contributed by atoms with E-state index in [0.29, 0.717) is 31.9 Å². The van der Waals surface area contributed by atoms with Crippen LogP contribution in [0.5, 0.6) is 0 Å². The summed E-state index contributed by atoms with van der Waals surface area (Å²) in [5, 5.41) is 0. The second kappa shape index (κ2) is 6.50. The zero-order chi connectivity index (χ0) is 17.4. The molecule has 132 valence electrons. The largest absolute Gasteiger partial charge is 0.366 e. The summed E-state index contributed by atoms with van der Waals surface area (Å²) >= 11 is 0. The fourth-order valence-corrected chi connectivity index (χ4v) is 3.97. The van der Waals surface area contributed by atoms with Gasteiger partial charge >= 0.3 is 0 Å². The number of amides is 1. The minimum absolute atomic E-state index is 0.0346. The van der Waals surface area contributed by atoms with Crippen LogP contribution in [0.1, 0.15) is 23.6 Å². The van der Waals surface area contributed by atoms with Crippen LogP contribution in [0.25, 0.3) is 0 Å². The second-order valence-electron chi connectivity index (χ2n) is 6.95. The number of imidazole rings is 1. The van der Waals surface area contributed by atoms with E-state index in [0.717, 1.165) is 36.5 Å². The standard InChI is InChI=1S/C19H23FN4O/c1-13-21-16-7-6-14(12-17(16)22-13)19(25)24-10-8-23(9-11-24)18-5-3-2-4-15(18)20/h2-5,14H,6-12H2,1H3,(H,21,22). The van der Waals surface area contributed by atoms with Crippen molar-refractivity contribution < 1.29 is 9.18 Å². The lowest BCUT2D eigenvalue weighted by Crippen LogP contribution is -2.51. The van der Waals surface area contributed by atoms with Gasteiger partial charge in [0.25, 0.3) is 0 Å². The highest BCUT2D eigenvalue weighted by Gasteiger charge is 2.31. The number of aromatic amines is 1. The summed E-state index contributed by atoms with van der Waals surface area (Å²) in [6.45, 7) is 4.61. The molecular weight excluding hydrogens is 319 g/mol. The fourth-order valence-electron chi connectivity index (χ4n) is 3.97. The van der Waals surface area contributed by atoms with Crippen LogP contribution in [-0.2, 0) is 17.6 Å². The number of piperazine rings is 1. The Morgan fingerprint density at radius 2 is 2.00 bits per heavy atom. The van der Waals surface area contributed by atoms with Gasteiger partial charge in [0, 0.05) is 44.2 Å². The predicted molar refractivity (Wildman–Crippen MR) is 94.0 cm³/mol. The average Bonchev–Trinajstić information content (AvgIpc) is 3.01. The van der Waals surface area contributed by atoms with E-state index in [1.165, 1.54) is 6.07 Å². The zero-order valence-electron chi connectivity index (χ0n) is 14.5. The molecule has 1 amide bonds. The molecule has 1 fully saturated rings. The predicted octanol–water partition coefficient (Wildman–Crippen LogP) is 2.31. The van der Waals surface area contributed by atoms with Gasteiger partial charge in [0.15, 0.2) is 0 Å². The van der Waals surface area contributed by atoms with Crippen molar-refractivity contribution in [3.05, 3.63) is 47.3 Å². The Kier molecular flexibility index (Phi) is 4.19. The summed E-state index contributed by atoms with van der Waals surface area (Å²) in [4.78, 5) is 24.6. The van der Waals surface area contributed by atoms with E-state index in [-0.39, 0.29) is 17.6 Å². The van der Waals surface area contributed by atoms with Crippen LogP contribution < -0.4 is 4.90 Å². The minimum Gasteiger partial charge on any atom is -0.366 e. The number of aryl methyl sites for hydroxylation is 2. The van der Waals surface area contributed by atoms with E-state index in [2.05, 4.69) is 9.97 Å². The van der Waals surface area contributed by atoms with Crippen molar-refractivity contribution in [1.29, 1.82) is 0 Å². The van der Waals surface area contributed by atoms with Gasteiger partial charge in [-0.2, -0.15) is 0 Å². The number of anilines is 1. The molecule has 25 heavy (non-hydrogen) atoms. The van der Waals surface area contributed by atoms with Gasteiger partial charge < -0.3 is 14.8 Å². The van der Waals surface area contributed by atoms with E-state index in [1.807, 2.05) is 22.8 Å². The quantitative estimate of drug-likeness (QED) is 0.911. The van der Waals surface area contributed by atoms with E-state index < -0.39 is 0 Å². The number of nitrogens with one attached hydrogen (secondary N) is 1. The molecule has 0 bridgehead atoms. The highest BCUT2D eigenvalue weighted by Crippen LogP contribution is 2.26. The number of aromatic nitrogens is 2. The number of para-hydroxylation sites is 1. The molecule has 1 aromatic carbocycles. The van der Waals surface area contributed by atoms with Gasteiger partial charge in [0.2, 0.25) is 5.91 Å². The molecule has 2 aromatic rings. The Bertz CT molecular complexity index is 779. The Labute approximate surface area is 146 Å². The molecule has 0 saturated carbocycles. The first-order valence-electron chi connectivity index (χ1n) is 8.94. The summed E-state index contributed by atoms with van der Waals surface area (Å²) in [5.41, 5.74) is 2.86. The van der Waals surface area contributed by atoms with E-state index in [9.17, 15) is 9.18 Å². The van der Waals surface area contributed by atoms with Crippen molar-refractivity contribution in [3.63, 3.8) is 0 Å². The number of benzene rings is 1. The van der Waals surface area contributed by atoms with Gasteiger partial charge in [-0.25, -0.2) is 9.37 Å². The first-order chi connectivity index (χ1) is 12.1. The van der Waals surface area contributed by atoms with Crippen LogP contribution in [0.4, 0.5) is 10.1 Å². The lowest BCUT2D eigenvalue weighted by atomic mass is 9.88. The number of hydrogen-bond acceptors (Lipinski definition) is 3. The van der Waals surface area contributed by atoms with Crippen LogP contribution in [0.15, 0.2) is 24.3 Å². The Morgan fingerprint density at radius 1 is 1.24 bits per heavy atom. The number of carbonyl (C=O) groups excluding carboxylic acids is 1. The van der Waals surface area contributed by atoms with Crippen molar-refractivity contribution in [3.8, 4) is 0 Å². The highest BCUT2D eigenvalue weighted by molar-refractivity contribution is 5.79. The van der Waals surface area contributed by atoms with Crippen LogP contribution in [-0.4, -0.2) is 47.0 Å². The van der Waals surface area contributed by atoms with E-state index in [1.54, 1.807) is 12.1 Å². The molecule has 4 rings (SSSR count). The maximum absolute atomic E-state index is 13.9. The van der Waals surface area contributed by atoms with Gasteiger partial charge in [0.1, 0.15) is 11.6 Å². The minimum atomic E-state index is -0.197. The highest BCUT2D eigenvalue weighted by atomic mass is 19.1. The van der Waals surface area contributed by atoms with Crippen LogP contribution in [0, 0.1) is 18.7 Å². The lowest BCUT2D eigenvalue weighted by Gasteiger charge is -2.38. The van der Waals surface area contributed by atoms with Crippen LogP contribution in [0.2, 0.25) is 0 Å². The molecule has 0 spiro atoms. The Balaban J connectivity index is 1.38. The van der Waals surface area contributed by atoms with Crippen molar-refractivity contribution >= 4 is 11.6 Å². The number of hydrogen-bond donors (Lipinski definition) is 1. The summed E-state index contributed by atoms with van der Waals surface area (Å²) < 4.78 is 13.9. The molecule has 0 radical (unpaired) electrons. The monoisotopic (exact) mass is 342 g/mol. The first-order valence-corrected chi connectivity index (χ1v) is 8.94. The number of carbonyl (C=O) groups is 1. The molecule has 1 unspecified atom stereocenters. The number of fused-ring (bicyclic) bond motifs is 1. The molecular formula is C19H23FN4O. The Morgan fingerprint density at radius 3 is 2.76 bits per heavy atom. The first kappa shape index (κ1) is 16.1. The second-order valence-corrected chi connectivity index (χ2v) is 6.95. The summed E-state index contributed by atoms with van der Waals surface area (Å²) in [7, 11) is 0. The molecule has 5 nitrogen and oxygen atoms in total. The summed E-state index contributed by atoms with van der Waals surface area (Å²) in [6.07, 6.45) is 2.48. The van der Waals surface area contributed by atoms with Gasteiger partial charge in [-0.05, 0) is 31.9 Å². The molecule has 1 aromatic heterocycles. The maximum Gasteiger partial charge on any atom is 0.226 e. The Hall–Kier alpha value is -2.37. The maximum atomic E-state index is 13.9. The van der Waals surface area contributed by atoms with Gasteiger partial charge in [-0.1, -0.05) is 12.1 Å². The third kappa shape index (κ3) is 3.13. The van der Waals surface area contributed by atoms with E-state index in [4.69, 9.17) is 0 Å². The third-order valence-electron chi connectivity index (χ3n) is 5.30. The number of rotatable bonds is 2. The fraction of sp³-hybridized carbons (Fsp3) is 0.474. The number of H-pyrrole nitrogens is 1.